The highest BCUT2D eigenvalue weighted by Gasteiger charge is 2.08. The maximum atomic E-state index is 4.33. The first kappa shape index (κ1) is 8.68. The van der Waals surface area contributed by atoms with Gasteiger partial charge in [-0.15, -0.1) is 11.3 Å². The Morgan fingerprint density at radius 2 is 2.40 bits per heavy atom. The predicted molar refractivity (Wildman–Crippen MR) is 62.9 cm³/mol. The summed E-state index contributed by atoms with van der Waals surface area (Å²) in [5.74, 6) is 0. The molecule has 0 spiro atoms. The van der Waals surface area contributed by atoms with Gasteiger partial charge in [-0.1, -0.05) is 6.07 Å². The minimum Gasteiger partial charge on any atom is -0.342 e. The fourth-order valence-electron chi connectivity index (χ4n) is 1.81. The first-order valence-corrected chi connectivity index (χ1v) is 5.64. The fourth-order valence-corrected chi connectivity index (χ4v) is 2.36. The minimum absolute atomic E-state index is 1.04. The normalized spacial score (nSPS) is 11.0. The molecule has 2 heterocycles. The summed E-state index contributed by atoms with van der Waals surface area (Å²) in [6.07, 6.45) is 0. The van der Waals surface area contributed by atoms with Crippen molar-refractivity contribution in [3.8, 4) is 11.4 Å². The van der Waals surface area contributed by atoms with E-state index in [-0.39, 0.29) is 0 Å². The highest BCUT2D eigenvalue weighted by Crippen LogP contribution is 2.26. The lowest BCUT2D eigenvalue weighted by molar-refractivity contribution is 0.973. The van der Waals surface area contributed by atoms with E-state index in [1.54, 1.807) is 11.3 Å². The van der Waals surface area contributed by atoms with E-state index in [2.05, 4.69) is 40.2 Å². The number of hydrogen-bond donors (Lipinski definition) is 0. The van der Waals surface area contributed by atoms with Gasteiger partial charge < -0.3 is 4.57 Å². The molecule has 73 valence electrons. The molecule has 0 atom stereocenters. The molecule has 3 aromatic rings. The number of thiazole rings is 1. The Hall–Kier alpha value is -1.61. The molecule has 2 aromatic heterocycles. The van der Waals surface area contributed by atoms with Crippen LogP contribution in [0.2, 0.25) is 0 Å². The maximum Gasteiger partial charge on any atom is 0.0975 e. The van der Waals surface area contributed by atoms with Gasteiger partial charge in [-0.3, -0.25) is 0 Å². The summed E-state index contributed by atoms with van der Waals surface area (Å²) < 4.78 is 2.16. The van der Waals surface area contributed by atoms with Crippen LogP contribution in [0.25, 0.3) is 22.3 Å². The summed E-state index contributed by atoms with van der Waals surface area (Å²) >= 11 is 1.62. The van der Waals surface area contributed by atoms with Gasteiger partial charge >= 0.3 is 0 Å². The lowest BCUT2D eigenvalue weighted by Crippen LogP contribution is -1.90. The van der Waals surface area contributed by atoms with E-state index in [4.69, 9.17) is 0 Å². The van der Waals surface area contributed by atoms with E-state index in [0.717, 1.165) is 11.4 Å². The third-order valence-corrected chi connectivity index (χ3v) is 3.17. The third-order valence-electron chi connectivity index (χ3n) is 2.58. The summed E-state index contributed by atoms with van der Waals surface area (Å²) in [4.78, 5) is 4.33. The average molecular weight is 213 g/mol. The first-order chi connectivity index (χ1) is 7.36. The van der Waals surface area contributed by atoms with Crippen LogP contribution in [0.4, 0.5) is 0 Å². The average Bonchev–Trinajstić information content (AvgIpc) is 2.87. The number of nitrogens with zero attached hydrogens (tertiary/aromatic N) is 2. The van der Waals surface area contributed by atoms with Gasteiger partial charge in [0.05, 0.1) is 16.9 Å². The molecule has 0 bridgehead atoms. The van der Waals surface area contributed by atoms with Crippen molar-refractivity contribution in [1.82, 2.24) is 9.55 Å². The Balaban J connectivity index is 2.33. The van der Waals surface area contributed by atoms with Crippen LogP contribution in [-0.4, -0.2) is 9.55 Å². The van der Waals surface area contributed by atoms with Gasteiger partial charge in [0.15, 0.2) is 0 Å². The van der Waals surface area contributed by atoms with Crippen LogP contribution in [-0.2, 0) is 7.05 Å². The van der Waals surface area contributed by atoms with Crippen LogP contribution >= 0.6 is 11.3 Å². The van der Waals surface area contributed by atoms with E-state index in [1.807, 2.05) is 17.6 Å². The molecule has 3 rings (SSSR count). The smallest absolute Gasteiger partial charge is 0.0975 e. The Morgan fingerprint density at radius 1 is 1.47 bits per heavy atom. The van der Waals surface area contributed by atoms with Crippen molar-refractivity contribution in [2.45, 2.75) is 0 Å². The molecule has 0 aliphatic carbocycles. The lowest BCUT2D eigenvalue weighted by atomic mass is 10.2. The van der Waals surface area contributed by atoms with Crippen molar-refractivity contribution < 1.29 is 0 Å². The topological polar surface area (TPSA) is 17.8 Å². The summed E-state index contributed by atoms with van der Waals surface area (Å²) in [6, 6.07) is 11.3. The number of fused-ring (bicyclic) bond motifs is 1. The molecule has 0 N–H and O–H groups in total. The lowest BCUT2D eigenvalue weighted by Gasteiger charge is -1.99. The van der Waals surface area contributed by atoms with Gasteiger partial charge in [0, 0.05) is 23.3 Å². The minimum atomic E-state index is 1.04. The van der Waals surface area contributed by atoms with E-state index < -0.39 is 0 Å². The van der Waals surface area contributed by atoms with Gasteiger partial charge in [-0.2, -0.15) is 0 Å². The summed E-state index contributed by atoms with van der Waals surface area (Å²) in [7, 11) is 2.07. The Kier molecular flexibility index (Phi) is 1.86. The van der Waals surface area contributed by atoms with Gasteiger partial charge in [0.1, 0.15) is 0 Å². The summed E-state index contributed by atoms with van der Waals surface area (Å²) in [5.41, 5.74) is 5.28. The zero-order valence-corrected chi connectivity index (χ0v) is 9.08. The van der Waals surface area contributed by atoms with Crippen LogP contribution in [0.5, 0.6) is 0 Å². The second-order valence-corrected chi connectivity index (χ2v) is 4.17. The zero-order valence-electron chi connectivity index (χ0n) is 8.27. The highest BCUT2D eigenvalue weighted by atomic mass is 32.1. The van der Waals surface area contributed by atoms with Gasteiger partial charge in [0.25, 0.3) is 0 Å². The van der Waals surface area contributed by atoms with E-state index in [0.29, 0.717) is 0 Å². The molecule has 0 saturated carbocycles. The number of aryl methyl sites for hydroxylation is 1. The Morgan fingerprint density at radius 3 is 3.13 bits per heavy atom. The number of benzene rings is 1. The molecule has 0 amide bonds. The molecule has 0 aliphatic heterocycles. The molecule has 2 nitrogen and oxygen atoms in total. The summed E-state index contributed by atoms with van der Waals surface area (Å²) in [5, 5.41) is 3.28. The number of hydrogen-bond acceptors (Lipinski definition) is 2. The highest BCUT2D eigenvalue weighted by molar-refractivity contribution is 7.07. The Labute approximate surface area is 91.8 Å². The Bertz CT molecular complexity index is 593. The molecule has 0 saturated heterocycles. The van der Waals surface area contributed by atoms with E-state index in [1.165, 1.54) is 10.9 Å². The third kappa shape index (κ3) is 1.27. The number of aromatic nitrogens is 2. The van der Waals surface area contributed by atoms with Crippen LogP contribution in [0.1, 0.15) is 0 Å². The molecule has 3 heteroatoms. The van der Waals surface area contributed by atoms with Crippen molar-refractivity contribution >= 4 is 22.2 Å². The quantitative estimate of drug-likeness (QED) is 0.607. The maximum absolute atomic E-state index is 4.33. The molecule has 0 aliphatic rings. The molecule has 15 heavy (non-hydrogen) atoms. The molecule has 0 unspecified atom stereocenters. The molecular formula is C12H9N2S. The molecule has 1 aromatic carbocycles. The zero-order chi connectivity index (χ0) is 10.3. The van der Waals surface area contributed by atoms with Crippen LogP contribution in [0.15, 0.2) is 35.2 Å². The van der Waals surface area contributed by atoms with Gasteiger partial charge in [0.2, 0.25) is 0 Å². The van der Waals surface area contributed by atoms with Crippen molar-refractivity contribution in [1.29, 1.82) is 0 Å². The van der Waals surface area contributed by atoms with Crippen molar-refractivity contribution in [3.63, 3.8) is 0 Å². The van der Waals surface area contributed by atoms with Gasteiger partial charge in [-0.25, -0.2) is 4.98 Å². The monoisotopic (exact) mass is 213 g/mol. The SMILES string of the molecule is Cn1c(-c2cscn2)cc2c[c]ccc21. The van der Waals surface area contributed by atoms with Crippen LogP contribution < -0.4 is 0 Å². The van der Waals surface area contributed by atoms with Crippen molar-refractivity contribution in [3.05, 3.63) is 41.2 Å². The fraction of sp³-hybridized carbons (Fsp3) is 0.0833. The van der Waals surface area contributed by atoms with Crippen LogP contribution in [0.3, 0.4) is 0 Å². The second kappa shape index (κ2) is 3.21. The van der Waals surface area contributed by atoms with Gasteiger partial charge in [-0.05, 0) is 24.3 Å². The second-order valence-electron chi connectivity index (χ2n) is 3.45. The molecule has 0 fully saturated rings. The van der Waals surface area contributed by atoms with Crippen molar-refractivity contribution in [2.75, 3.05) is 0 Å². The molecular weight excluding hydrogens is 204 g/mol. The molecule has 1 radical (unpaired) electrons. The predicted octanol–water partition coefficient (Wildman–Crippen LogP) is 3.10. The first-order valence-electron chi connectivity index (χ1n) is 4.70. The largest absolute Gasteiger partial charge is 0.342 e. The number of rotatable bonds is 1. The standard InChI is InChI=1S/C12H9N2S/c1-14-11-5-3-2-4-9(11)6-12(14)10-7-15-8-13-10/h3-8H,1H3. The van der Waals surface area contributed by atoms with E-state index in [9.17, 15) is 0 Å². The van der Waals surface area contributed by atoms with Crippen LogP contribution in [0, 0.1) is 6.07 Å². The van der Waals surface area contributed by atoms with E-state index >= 15 is 0 Å². The van der Waals surface area contributed by atoms with Crippen molar-refractivity contribution in [2.24, 2.45) is 7.05 Å². The summed E-state index contributed by atoms with van der Waals surface area (Å²) in [6.45, 7) is 0.